The Bertz CT molecular complexity index is 479. The Morgan fingerprint density at radius 1 is 1.44 bits per heavy atom. The molecule has 1 aromatic heterocycles. The van der Waals surface area contributed by atoms with Crippen LogP contribution in [0.5, 0.6) is 0 Å². The third-order valence-electron chi connectivity index (χ3n) is 2.51. The van der Waals surface area contributed by atoms with Crippen molar-refractivity contribution in [2.45, 2.75) is 26.4 Å². The minimum absolute atomic E-state index is 0.529. The highest BCUT2D eigenvalue weighted by Crippen LogP contribution is 2.15. The number of hydrogen-bond acceptors (Lipinski definition) is 3. The zero-order valence-electron chi connectivity index (χ0n) is 9.46. The van der Waals surface area contributed by atoms with Crippen molar-refractivity contribution in [1.82, 2.24) is 15.0 Å². The molecule has 0 radical (unpaired) electrons. The van der Waals surface area contributed by atoms with Crippen LogP contribution in [0.2, 0.25) is 0 Å². The third-order valence-corrected chi connectivity index (χ3v) is 2.51. The van der Waals surface area contributed by atoms with Gasteiger partial charge >= 0.3 is 0 Å². The summed E-state index contributed by atoms with van der Waals surface area (Å²) < 4.78 is 1.68. The van der Waals surface area contributed by atoms with Crippen LogP contribution in [0.1, 0.15) is 30.7 Å². The van der Waals surface area contributed by atoms with Crippen LogP contribution < -0.4 is 0 Å². The Morgan fingerprint density at radius 3 is 2.94 bits per heavy atom. The van der Waals surface area contributed by atoms with Gasteiger partial charge in [-0.15, -0.1) is 5.10 Å². The summed E-state index contributed by atoms with van der Waals surface area (Å²) in [5.41, 5.74) is 2.75. The summed E-state index contributed by atoms with van der Waals surface area (Å²) in [5, 5.41) is 17.6. The zero-order valence-corrected chi connectivity index (χ0v) is 9.46. The van der Waals surface area contributed by atoms with E-state index in [1.54, 1.807) is 10.9 Å². The minimum atomic E-state index is -0.529. The molecule has 2 rings (SSSR count). The molecule has 4 heteroatoms. The highest BCUT2D eigenvalue weighted by Gasteiger charge is 2.10. The molecule has 2 aromatic rings. The van der Waals surface area contributed by atoms with Gasteiger partial charge in [0.1, 0.15) is 5.69 Å². The summed E-state index contributed by atoms with van der Waals surface area (Å²) in [4.78, 5) is 0. The lowest BCUT2D eigenvalue weighted by Gasteiger charge is -2.02. The Hall–Kier alpha value is -1.68. The second kappa shape index (κ2) is 4.45. The van der Waals surface area contributed by atoms with Crippen molar-refractivity contribution >= 4 is 0 Å². The second-order valence-electron chi connectivity index (χ2n) is 3.85. The van der Waals surface area contributed by atoms with Gasteiger partial charge < -0.3 is 5.11 Å². The van der Waals surface area contributed by atoms with Crippen molar-refractivity contribution in [2.24, 2.45) is 0 Å². The average molecular weight is 217 g/mol. The number of aryl methyl sites for hydroxylation is 1. The molecule has 0 fully saturated rings. The molecule has 1 unspecified atom stereocenters. The highest BCUT2D eigenvalue weighted by molar-refractivity contribution is 5.34. The average Bonchev–Trinajstić information content (AvgIpc) is 2.77. The lowest BCUT2D eigenvalue weighted by atomic mass is 10.2. The van der Waals surface area contributed by atoms with E-state index < -0.39 is 6.10 Å². The maximum absolute atomic E-state index is 9.63. The summed E-state index contributed by atoms with van der Waals surface area (Å²) in [6.45, 7) is 3.94. The smallest absolute Gasteiger partial charge is 0.112 e. The van der Waals surface area contributed by atoms with Crippen molar-refractivity contribution in [3.63, 3.8) is 0 Å². The van der Waals surface area contributed by atoms with Crippen molar-refractivity contribution in [3.8, 4) is 5.69 Å². The zero-order chi connectivity index (χ0) is 11.5. The number of aliphatic hydroxyl groups is 1. The topological polar surface area (TPSA) is 50.9 Å². The molecule has 1 heterocycles. The fourth-order valence-corrected chi connectivity index (χ4v) is 1.54. The lowest BCUT2D eigenvalue weighted by Crippen LogP contribution is -1.95. The highest BCUT2D eigenvalue weighted by atomic mass is 16.3. The normalized spacial score (nSPS) is 12.7. The van der Waals surface area contributed by atoms with Gasteiger partial charge in [0.25, 0.3) is 0 Å². The van der Waals surface area contributed by atoms with Gasteiger partial charge in [0, 0.05) is 0 Å². The molecule has 4 nitrogen and oxygen atoms in total. The fourth-order valence-electron chi connectivity index (χ4n) is 1.54. The molecule has 0 amide bonds. The predicted molar refractivity (Wildman–Crippen MR) is 61.3 cm³/mol. The van der Waals surface area contributed by atoms with Gasteiger partial charge in [-0.2, -0.15) is 0 Å². The summed E-state index contributed by atoms with van der Waals surface area (Å²) >= 11 is 0. The maximum Gasteiger partial charge on any atom is 0.112 e. The lowest BCUT2D eigenvalue weighted by molar-refractivity contribution is 0.169. The molecule has 0 aliphatic rings. The van der Waals surface area contributed by atoms with E-state index in [2.05, 4.69) is 10.3 Å². The predicted octanol–water partition coefficient (Wildman–Crippen LogP) is 2.02. The van der Waals surface area contributed by atoms with Gasteiger partial charge in [-0.25, -0.2) is 4.68 Å². The number of rotatable bonds is 3. The molecule has 1 N–H and O–H groups in total. The first kappa shape index (κ1) is 10.8. The van der Waals surface area contributed by atoms with E-state index in [1.165, 1.54) is 5.56 Å². The van der Waals surface area contributed by atoms with Crippen LogP contribution in [0.3, 0.4) is 0 Å². The van der Waals surface area contributed by atoms with E-state index in [1.807, 2.05) is 38.1 Å². The number of benzene rings is 1. The summed E-state index contributed by atoms with van der Waals surface area (Å²) in [6, 6.07) is 7.99. The number of nitrogens with zero attached hydrogens (tertiary/aromatic N) is 3. The monoisotopic (exact) mass is 217 g/mol. The van der Waals surface area contributed by atoms with Crippen molar-refractivity contribution < 1.29 is 5.11 Å². The Balaban J connectivity index is 2.31. The van der Waals surface area contributed by atoms with Gasteiger partial charge in [-0.3, -0.25) is 0 Å². The van der Waals surface area contributed by atoms with Crippen LogP contribution in [-0.4, -0.2) is 20.1 Å². The van der Waals surface area contributed by atoms with Crippen LogP contribution in [-0.2, 0) is 0 Å². The van der Waals surface area contributed by atoms with E-state index in [-0.39, 0.29) is 0 Å². The van der Waals surface area contributed by atoms with Crippen molar-refractivity contribution in [1.29, 1.82) is 0 Å². The minimum Gasteiger partial charge on any atom is -0.387 e. The second-order valence-corrected chi connectivity index (χ2v) is 3.85. The number of aliphatic hydroxyl groups excluding tert-OH is 1. The van der Waals surface area contributed by atoms with Crippen LogP contribution in [0.15, 0.2) is 30.5 Å². The molecule has 0 saturated heterocycles. The van der Waals surface area contributed by atoms with E-state index in [4.69, 9.17) is 0 Å². The first-order chi connectivity index (χ1) is 7.70. The van der Waals surface area contributed by atoms with Gasteiger partial charge in [-0.1, -0.05) is 24.3 Å². The molecule has 0 bridgehead atoms. The van der Waals surface area contributed by atoms with E-state index in [0.717, 1.165) is 5.69 Å². The summed E-state index contributed by atoms with van der Waals surface area (Å²) in [5.74, 6) is 0. The summed E-state index contributed by atoms with van der Waals surface area (Å²) in [6.07, 6.45) is 1.88. The first-order valence-corrected chi connectivity index (χ1v) is 5.38. The molecule has 84 valence electrons. The molecule has 0 saturated carbocycles. The van der Waals surface area contributed by atoms with Crippen LogP contribution in [0, 0.1) is 6.92 Å². The molecule has 1 aromatic carbocycles. The van der Waals surface area contributed by atoms with Gasteiger partial charge in [-0.05, 0) is 31.0 Å². The first-order valence-electron chi connectivity index (χ1n) is 5.38. The number of hydrogen-bond donors (Lipinski definition) is 1. The molecule has 0 spiro atoms. The quantitative estimate of drug-likeness (QED) is 0.855. The van der Waals surface area contributed by atoms with Gasteiger partial charge in [0.15, 0.2) is 0 Å². The van der Waals surface area contributed by atoms with E-state index in [0.29, 0.717) is 12.1 Å². The van der Waals surface area contributed by atoms with E-state index in [9.17, 15) is 5.11 Å². The Morgan fingerprint density at radius 2 is 2.25 bits per heavy atom. The number of aromatic nitrogens is 3. The van der Waals surface area contributed by atoms with E-state index >= 15 is 0 Å². The molecular formula is C12H15N3O. The SMILES string of the molecule is CCC(O)c1cn(-c2cccc(C)c2)nn1. The largest absolute Gasteiger partial charge is 0.387 e. The summed E-state index contributed by atoms with van der Waals surface area (Å²) in [7, 11) is 0. The Kier molecular flexibility index (Phi) is 3.01. The fraction of sp³-hybridized carbons (Fsp3) is 0.333. The molecular weight excluding hydrogens is 202 g/mol. The van der Waals surface area contributed by atoms with Gasteiger partial charge in [0.05, 0.1) is 18.0 Å². The van der Waals surface area contributed by atoms with Crippen molar-refractivity contribution in [2.75, 3.05) is 0 Å². The van der Waals surface area contributed by atoms with Crippen LogP contribution in [0.4, 0.5) is 0 Å². The van der Waals surface area contributed by atoms with Crippen LogP contribution in [0.25, 0.3) is 5.69 Å². The maximum atomic E-state index is 9.63. The van der Waals surface area contributed by atoms with Crippen molar-refractivity contribution in [3.05, 3.63) is 41.7 Å². The molecule has 0 aliphatic heterocycles. The third kappa shape index (κ3) is 2.12. The molecule has 0 aliphatic carbocycles. The van der Waals surface area contributed by atoms with Crippen LogP contribution >= 0.6 is 0 Å². The van der Waals surface area contributed by atoms with Gasteiger partial charge in [0.2, 0.25) is 0 Å². The molecule has 1 atom stereocenters. The Labute approximate surface area is 94.5 Å². The standard InChI is InChI=1S/C12H15N3O/c1-3-12(16)11-8-15(14-13-11)10-6-4-5-9(2)7-10/h4-8,12,16H,3H2,1-2H3. The molecule has 16 heavy (non-hydrogen) atoms.